The SMILES string of the molecule is CC/C=C\C/C=C\C/C=C\C/C=C\C/C=C\C/C=C\CCCCCCC(=O)OCC(COC(=O)CCCCCCC/C=C\CCCCC)OC(=O)CCCCCCCCCCCCCCCCCC. The standard InChI is InChI=1S/C63H108O6/c1-4-7-10-13-16-19-22-25-27-29-30-31-32-33-34-35-37-38-41-44-47-50-53-56-62(65)68-59-60(58-67-61(64)55-52-49-46-43-40-24-21-18-15-12-9-6-3)69-63(66)57-54-51-48-45-42-39-36-28-26-23-20-17-14-11-8-5-2/h7,10,16,18-19,21,25,27,30-31,33-34,37-38,60H,4-6,8-9,11-15,17,20,22-24,26,28-29,32,35-36,39-59H2,1-3H3/b10-7-,19-16-,21-18-,27-25-,31-30-,34-33-,38-37-. The molecule has 0 aromatic carbocycles. The third-order valence-corrected chi connectivity index (χ3v) is 12.4. The molecule has 69 heavy (non-hydrogen) atoms. The van der Waals surface area contributed by atoms with Crippen LogP contribution in [0.25, 0.3) is 0 Å². The molecule has 0 saturated heterocycles. The lowest BCUT2D eigenvalue weighted by atomic mass is 10.0. The summed E-state index contributed by atoms with van der Waals surface area (Å²) in [6, 6.07) is 0. The van der Waals surface area contributed by atoms with E-state index in [-0.39, 0.29) is 31.1 Å². The van der Waals surface area contributed by atoms with Gasteiger partial charge in [0.15, 0.2) is 6.10 Å². The van der Waals surface area contributed by atoms with Crippen molar-refractivity contribution in [2.75, 3.05) is 13.2 Å². The Morgan fingerprint density at radius 1 is 0.304 bits per heavy atom. The van der Waals surface area contributed by atoms with Crippen molar-refractivity contribution >= 4 is 17.9 Å². The van der Waals surface area contributed by atoms with Gasteiger partial charge in [-0.2, -0.15) is 0 Å². The van der Waals surface area contributed by atoms with Crippen LogP contribution in [0.1, 0.15) is 278 Å². The molecule has 0 heterocycles. The molecule has 0 aliphatic rings. The summed E-state index contributed by atoms with van der Waals surface area (Å²) in [5, 5.41) is 0. The van der Waals surface area contributed by atoms with Crippen molar-refractivity contribution in [3.8, 4) is 0 Å². The molecule has 0 aromatic heterocycles. The van der Waals surface area contributed by atoms with Crippen LogP contribution in [-0.2, 0) is 28.6 Å². The second-order valence-corrected chi connectivity index (χ2v) is 19.2. The minimum atomic E-state index is -0.789. The first-order valence-electron chi connectivity index (χ1n) is 29.1. The van der Waals surface area contributed by atoms with E-state index in [1.54, 1.807) is 0 Å². The van der Waals surface area contributed by atoms with Crippen LogP contribution in [0.3, 0.4) is 0 Å². The third kappa shape index (κ3) is 55.4. The zero-order chi connectivity index (χ0) is 50.0. The molecule has 0 aromatic rings. The Labute approximate surface area is 426 Å². The molecule has 6 nitrogen and oxygen atoms in total. The number of carbonyl (C=O) groups is 3. The van der Waals surface area contributed by atoms with Gasteiger partial charge in [-0.1, -0.05) is 247 Å². The van der Waals surface area contributed by atoms with Crippen LogP contribution in [0.15, 0.2) is 85.1 Å². The van der Waals surface area contributed by atoms with Gasteiger partial charge in [0.1, 0.15) is 13.2 Å². The molecular weight excluding hydrogens is 853 g/mol. The van der Waals surface area contributed by atoms with E-state index < -0.39 is 6.10 Å². The van der Waals surface area contributed by atoms with Gasteiger partial charge in [-0.25, -0.2) is 0 Å². The third-order valence-electron chi connectivity index (χ3n) is 12.4. The molecule has 1 unspecified atom stereocenters. The van der Waals surface area contributed by atoms with E-state index in [9.17, 15) is 14.4 Å². The van der Waals surface area contributed by atoms with Crippen LogP contribution in [0.2, 0.25) is 0 Å². The number of unbranched alkanes of at least 4 members (excludes halogenated alkanes) is 27. The van der Waals surface area contributed by atoms with Gasteiger partial charge in [0.2, 0.25) is 0 Å². The quantitative estimate of drug-likeness (QED) is 0.0262. The Morgan fingerprint density at radius 3 is 0.928 bits per heavy atom. The van der Waals surface area contributed by atoms with Crippen molar-refractivity contribution in [2.24, 2.45) is 0 Å². The van der Waals surface area contributed by atoms with Gasteiger partial charge < -0.3 is 14.2 Å². The summed E-state index contributed by atoms with van der Waals surface area (Å²) < 4.78 is 16.8. The highest BCUT2D eigenvalue weighted by molar-refractivity contribution is 5.71. The summed E-state index contributed by atoms with van der Waals surface area (Å²) in [6.45, 7) is 6.49. The molecule has 0 radical (unpaired) electrons. The molecule has 0 N–H and O–H groups in total. The number of esters is 3. The highest BCUT2D eigenvalue weighted by atomic mass is 16.6. The van der Waals surface area contributed by atoms with Crippen molar-refractivity contribution in [3.63, 3.8) is 0 Å². The number of hydrogen-bond donors (Lipinski definition) is 0. The Bertz CT molecular complexity index is 1330. The summed E-state index contributed by atoms with van der Waals surface area (Å²) in [5.74, 6) is -0.913. The molecule has 6 heteroatoms. The molecule has 0 spiro atoms. The van der Waals surface area contributed by atoms with Crippen LogP contribution in [0.4, 0.5) is 0 Å². The van der Waals surface area contributed by atoms with Crippen LogP contribution in [0.5, 0.6) is 0 Å². The van der Waals surface area contributed by atoms with Crippen LogP contribution in [-0.4, -0.2) is 37.2 Å². The minimum absolute atomic E-state index is 0.0873. The molecule has 396 valence electrons. The van der Waals surface area contributed by atoms with Gasteiger partial charge >= 0.3 is 17.9 Å². The molecule has 0 saturated carbocycles. The first-order chi connectivity index (χ1) is 34.0. The van der Waals surface area contributed by atoms with Crippen molar-refractivity contribution in [1.82, 2.24) is 0 Å². The molecular formula is C63H108O6. The minimum Gasteiger partial charge on any atom is -0.462 e. The smallest absolute Gasteiger partial charge is 0.306 e. The normalized spacial score (nSPS) is 12.7. The average molecular weight is 962 g/mol. The molecule has 0 rings (SSSR count). The van der Waals surface area contributed by atoms with Gasteiger partial charge in [0.25, 0.3) is 0 Å². The van der Waals surface area contributed by atoms with Gasteiger partial charge in [0.05, 0.1) is 0 Å². The van der Waals surface area contributed by atoms with E-state index in [1.807, 2.05) is 0 Å². The fourth-order valence-corrected chi connectivity index (χ4v) is 8.03. The van der Waals surface area contributed by atoms with Crippen LogP contribution in [0, 0.1) is 0 Å². The van der Waals surface area contributed by atoms with E-state index in [0.29, 0.717) is 19.3 Å². The predicted octanol–water partition coefficient (Wildman–Crippen LogP) is 19.5. The maximum absolute atomic E-state index is 12.9. The molecule has 0 aliphatic carbocycles. The Hall–Kier alpha value is -3.41. The first-order valence-corrected chi connectivity index (χ1v) is 29.1. The van der Waals surface area contributed by atoms with E-state index in [4.69, 9.17) is 14.2 Å². The Morgan fingerprint density at radius 2 is 0.565 bits per heavy atom. The molecule has 1 atom stereocenters. The van der Waals surface area contributed by atoms with Gasteiger partial charge in [-0.15, -0.1) is 0 Å². The van der Waals surface area contributed by atoms with Gasteiger partial charge in [0, 0.05) is 19.3 Å². The van der Waals surface area contributed by atoms with E-state index in [1.165, 1.54) is 122 Å². The largest absolute Gasteiger partial charge is 0.462 e. The van der Waals surface area contributed by atoms with Crippen molar-refractivity contribution in [1.29, 1.82) is 0 Å². The topological polar surface area (TPSA) is 78.9 Å². The monoisotopic (exact) mass is 961 g/mol. The fourth-order valence-electron chi connectivity index (χ4n) is 8.03. The van der Waals surface area contributed by atoms with E-state index in [2.05, 4.69) is 106 Å². The van der Waals surface area contributed by atoms with E-state index in [0.717, 1.165) is 116 Å². The molecule has 0 fully saturated rings. The highest BCUT2D eigenvalue weighted by Crippen LogP contribution is 2.16. The number of rotatable bonds is 52. The first kappa shape index (κ1) is 65.6. The Balaban J connectivity index is 4.39. The molecule has 0 bridgehead atoms. The summed E-state index contributed by atoms with van der Waals surface area (Å²) in [6.07, 6.45) is 74.3. The molecule has 0 aliphatic heterocycles. The lowest BCUT2D eigenvalue weighted by Crippen LogP contribution is -2.30. The second kappa shape index (κ2) is 57.2. The number of carbonyl (C=O) groups excluding carboxylic acids is 3. The lowest BCUT2D eigenvalue weighted by molar-refractivity contribution is -0.167. The van der Waals surface area contributed by atoms with Crippen molar-refractivity contribution in [2.45, 2.75) is 284 Å². The predicted molar refractivity (Wildman–Crippen MR) is 297 cm³/mol. The summed E-state index contributed by atoms with van der Waals surface area (Å²) in [5.41, 5.74) is 0. The van der Waals surface area contributed by atoms with Crippen LogP contribution < -0.4 is 0 Å². The highest BCUT2D eigenvalue weighted by Gasteiger charge is 2.19. The maximum atomic E-state index is 12.9. The molecule has 0 amide bonds. The van der Waals surface area contributed by atoms with Gasteiger partial charge in [-0.05, 0) is 96.3 Å². The van der Waals surface area contributed by atoms with Crippen LogP contribution >= 0.6 is 0 Å². The summed E-state index contributed by atoms with van der Waals surface area (Å²) in [4.78, 5) is 38.1. The number of ether oxygens (including phenoxy) is 3. The van der Waals surface area contributed by atoms with Gasteiger partial charge in [-0.3, -0.25) is 14.4 Å². The fraction of sp³-hybridized carbons (Fsp3) is 0.730. The zero-order valence-electron chi connectivity index (χ0n) is 45.3. The summed E-state index contributed by atoms with van der Waals surface area (Å²) >= 11 is 0. The number of allylic oxidation sites excluding steroid dienone is 14. The van der Waals surface area contributed by atoms with Crippen molar-refractivity contribution in [3.05, 3.63) is 85.1 Å². The second-order valence-electron chi connectivity index (χ2n) is 19.2. The van der Waals surface area contributed by atoms with E-state index >= 15 is 0 Å². The number of hydrogen-bond acceptors (Lipinski definition) is 6. The zero-order valence-corrected chi connectivity index (χ0v) is 45.3. The maximum Gasteiger partial charge on any atom is 0.306 e. The Kier molecular flexibility index (Phi) is 54.3. The average Bonchev–Trinajstić information content (AvgIpc) is 3.35. The lowest BCUT2D eigenvalue weighted by Gasteiger charge is -2.18. The summed E-state index contributed by atoms with van der Waals surface area (Å²) in [7, 11) is 0. The van der Waals surface area contributed by atoms with Crippen molar-refractivity contribution < 1.29 is 28.6 Å².